The van der Waals surface area contributed by atoms with Gasteiger partial charge in [0.25, 0.3) is 5.91 Å². The molecule has 1 fully saturated rings. The molecule has 1 N–H and O–H groups in total. The number of oxazole rings is 1. The van der Waals surface area contributed by atoms with Gasteiger partial charge in [-0.3, -0.25) is 9.48 Å². The van der Waals surface area contributed by atoms with Gasteiger partial charge in [-0.25, -0.2) is 14.5 Å². The first kappa shape index (κ1) is 22.8. The number of carbonyl (C=O) groups excluding carboxylic acids is 1. The Bertz CT molecular complexity index is 1640. The maximum absolute atomic E-state index is 14.2. The Labute approximate surface area is 217 Å². The number of rotatable bonds is 5. The van der Waals surface area contributed by atoms with Gasteiger partial charge in [0.2, 0.25) is 11.7 Å². The Hall–Kier alpha value is -3.35. The Morgan fingerprint density at radius 2 is 2.14 bits per heavy atom. The lowest BCUT2D eigenvalue weighted by Crippen LogP contribution is -2.41. The van der Waals surface area contributed by atoms with E-state index in [-0.39, 0.29) is 17.2 Å². The third kappa shape index (κ3) is 3.82. The van der Waals surface area contributed by atoms with Gasteiger partial charge in [-0.2, -0.15) is 10.2 Å². The monoisotopic (exact) mass is 532 g/mol. The molecule has 1 saturated carbocycles. The number of imidazole rings is 1. The van der Waals surface area contributed by atoms with Gasteiger partial charge in [0.1, 0.15) is 6.04 Å². The zero-order valence-electron chi connectivity index (χ0n) is 20.2. The van der Waals surface area contributed by atoms with Crippen molar-refractivity contribution in [3.63, 3.8) is 0 Å². The molecule has 0 radical (unpaired) electrons. The van der Waals surface area contributed by atoms with Crippen molar-refractivity contribution in [2.75, 3.05) is 6.54 Å². The van der Waals surface area contributed by atoms with E-state index in [0.29, 0.717) is 24.6 Å². The number of fused-ring (bicyclic) bond motifs is 2. The van der Waals surface area contributed by atoms with E-state index < -0.39 is 6.04 Å². The van der Waals surface area contributed by atoms with Gasteiger partial charge in [0, 0.05) is 49.4 Å². The van der Waals surface area contributed by atoms with Crippen LogP contribution in [-0.2, 0) is 13.5 Å². The van der Waals surface area contributed by atoms with Crippen LogP contribution in [0.1, 0.15) is 69.1 Å². The lowest BCUT2D eigenvalue weighted by Gasteiger charge is -2.33. The Morgan fingerprint density at radius 1 is 1.27 bits per heavy atom. The number of amides is 1. The molecule has 12 heteroatoms. The van der Waals surface area contributed by atoms with Gasteiger partial charge >= 0.3 is 0 Å². The van der Waals surface area contributed by atoms with Crippen LogP contribution in [-0.4, -0.2) is 51.7 Å². The third-order valence-electron chi connectivity index (χ3n) is 7.14. The summed E-state index contributed by atoms with van der Waals surface area (Å²) in [4.78, 5) is 28.7. The van der Waals surface area contributed by atoms with Crippen LogP contribution in [0.5, 0.6) is 0 Å². The number of aromatic nitrogens is 7. The maximum atomic E-state index is 14.2. The smallest absolute Gasteiger partial charge is 0.292 e. The second-order valence-corrected chi connectivity index (χ2v) is 11.9. The molecule has 3 atom stereocenters. The Balaban J connectivity index is 1.33. The summed E-state index contributed by atoms with van der Waals surface area (Å²) in [6, 6.07) is 5.70. The van der Waals surface area contributed by atoms with E-state index in [0.717, 1.165) is 52.3 Å². The number of nitrogens with one attached hydrogen (secondary N) is 1. The number of hydrogen-bond donors (Lipinski definition) is 1. The molecule has 1 amide bonds. The summed E-state index contributed by atoms with van der Waals surface area (Å²) in [5.41, 5.74) is 6.24. The normalized spacial score (nSPS) is 17.6. The molecular weight excluding hydrogens is 506 g/mol. The summed E-state index contributed by atoms with van der Waals surface area (Å²) >= 11 is 0. The van der Waals surface area contributed by atoms with E-state index in [1.54, 1.807) is 17.2 Å². The van der Waals surface area contributed by atoms with E-state index in [9.17, 15) is 4.79 Å². The molecule has 10 nitrogen and oxygen atoms in total. The third-order valence-corrected chi connectivity index (χ3v) is 7.86. The molecule has 7 rings (SSSR count). The molecule has 1 aliphatic carbocycles. The lowest BCUT2D eigenvalue weighted by molar-refractivity contribution is 0.0653. The van der Waals surface area contributed by atoms with Crippen LogP contribution >= 0.6 is 18.5 Å². The van der Waals surface area contributed by atoms with E-state index in [2.05, 4.69) is 45.7 Å². The van der Waals surface area contributed by atoms with Crippen LogP contribution in [0.3, 0.4) is 0 Å². The summed E-state index contributed by atoms with van der Waals surface area (Å²) in [6.45, 7) is 0.516. The average Bonchev–Trinajstić information content (AvgIpc) is 3.29. The minimum atomic E-state index is -0.443. The minimum absolute atomic E-state index is 0.180. The van der Waals surface area contributed by atoms with Crippen molar-refractivity contribution in [1.29, 1.82) is 0 Å². The van der Waals surface area contributed by atoms with Crippen molar-refractivity contribution >= 4 is 29.9 Å². The second-order valence-electron chi connectivity index (χ2n) is 9.72. The maximum Gasteiger partial charge on any atom is 0.292 e. The van der Waals surface area contributed by atoms with Gasteiger partial charge in [-0.05, 0) is 30.5 Å². The van der Waals surface area contributed by atoms with E-state index >= 15 is 0 Å². The van der Waals surface area contributed by atoms with E-state index in [1.807, 2.05) is 34.9 Å². The van der Waals surface area contributed by atoms with Crippen molar-refractivity contribution in [2.24, 2.45) is 7.05 Å². The van der Waals surface area contributed by atoms with Gasteiger partial charge < -0.3 is 14.3 Å². The first-order valence-electron chi connectivity index (χ1n) is 12.3. The quantitative estimate of drug-likeness (QED) is 0.344. The Morgan fingerprint density at radius 3 is 2.89 bits per heavy atom. The first-order valence-corrected chi connectivity index (χ1v) is 13.6. The molecule has 0 spiro atoms. The number of hydrogen-bond acceptors (Lipinski definition) is 6. The summed E-state index contributed by atoms with van der Waals surface area (Å²) in [6.07, 6.45) is 9.87. The predicted octanol–water partition coefficient (Wildman–Crippen LogP) is 3.86. The molecule has 0 saturated heterocycles. The summed E-state index contributed by atoms with van der Waals surface area (Å²) < 4.78 is 9.75. The van der Waals surface area contributed by atoms with Crippen LogP contribution < -0.4 is 0 Å². The molecule has 5 aromatic heterocycles. The minimum Gasteiger partial charge on any atom is -0.430 e. The summed E-state index contributed by atoms with van der Waals surface area (Å²) in [7, 11) is 7.47. The molecule has 0 aromatic carbocycles. The fourth-order valence-electron chi connectivity index (χ4n) is 5.17. The van der Waals surface area contributed by atoms with Crippen LogP contribution in [0.2, 0.25) is 0 Å². The summed E-state index contributed by atoms with van der Waals surface area (Å²) in [5, 5.41) is 9.32. The van der Waals surface area contributed by atoms with E-state index in [4.69, 9.17) is 14.5 Å². The van der Waals surface area contributed by atoms with Crippen molar-refractivity contribution in [3.05, 3.63) is 77.2 Å². The molecule has 0 bridgehead atoms. The molecule has 2 unspecified atom stereocenters. The van der Waals surface area contributed by atoms with Crippen molar-refractivity contribution in [3.8, 4) is 11.5 Å². The summed E-state index contributed by atoms with van der Waals surface area (Å²) in [5.74, 6) is 0.799. The highest BCUT2D eigenvalue weighted by Crippen LogP contribution is 2.44. The number of pyridine rings is 1. The zero-order chi connectivity index (χ0) is 25.3. The average molecular weight is 532 g/mol. The molecule has 1 aliphatic heterocycles. The molecule has 2 aliphatic rings. The lowest BCUT2D eigenvalue weighted by atomic mass is 9.99. The van der Waals surface area contributed by atoms with Gasteiger partial charge in [-0.1, -0.05) is 6.07 Å². The zero-order valence-corrected chi connectivity index (χ0v) is 22.5. The standard InChI is InChI=1S/C25H26N8O2P2/c1-31-11-14(10-28-31)23-29-19(13-4-5-13)22(35-23)24(34)32-8-6-16-20(27-12-26-16)21(32)17-9-18-15(25(36)37)3-2-7-33(18)30-17/h2-3,7,9-13,21,25H,4-6,8,36-37H2,1H3,(H,26,27)/t21-/m1/s1. The van der Waals surface area contributed by atoms with E-state index in [1.165, 1.54) is 0 Å². The van der Waals surface area contributed by atoms with Crippen LogP contribution in [0.15, 0.2) is 47.5 Å². The molecule has 6 heterocycles. The van der Waals surface area contributed by atoms with Crippen molar-refractivity contribution in [2.45, 2.75) is 36.6 Å². The number of nitrogens with zero attached hydrogens (tertiary/aromatic N) is 7. The SMILES string of the molecule is Cn1cc(-c2nc(C3CC3)c(C(=O)N3CCc4[nH]cnc4[C@H]3c3cc4c(C(P)P)cccn4n3)o2)cn1. The van der Waals surface area contributed by atoms with Gasteiger partial charge in [-0.15, -0.1) is 18.5 Å². The highest BCUT2D eigenvalue weighted by atomic mass is 31.1. The van der Waals surface area contributed by atoms with Crippen LogP contribution in [0, 0.1) is 0 Å². The van der Waals surface area contributed by atoms with Crippen molar-refractivity contribution < 1.29 is 9.21 Å². The Kier molecular flexibility index (Phi) is 5.31. The molecule has 5 aromatic rings. The fraction of sp³-hybridized carbons (Fsp3) is 0.320. The largest absolute Gasteiger partial charge is 0.430 e. The number of carbonyl (C=O) groups is 1. The molecule has 37 heavy (non-hydrogen) atoms. The molecule has 188 valence electrons. The second kappa shape index (κ2) is 8.61. The number of aromatic amines is 1. The molecular formula is C25H26N8O2P2. The predicted molar refractivity (Wildman–Crippen MR) is 143 cm³/mol. The van der Waals surface area contributed by atoms with Crippen LogP contribution in [0.25, 0.3) is 17.0 Å². The van der Waals surface area contributed by atoms with Gasteiger partial charge in [0.05, 0.1) is 40.7 Å². The van der Waals surface area contributed by atoms with Crippen molar-refractivity contribution in [1.82, 2.24) is 39.2 Å². The van der Waals surface area contributed by atoms with Crippen LogP contribution in [0.4, 0.5) is 0 Å². The highest BCUT2D eigenvalue weighted by molar-refractivity contribution is 7.37. The topological polar surface area (TPSA) is 110 Å². The fourth-order valence-corrected chi connectivity index (χ4v) is 5.73. The van der Waals surface area contributed by atoms with Gasteiger partial charge in [0.15, 0.2) is 0 Å². The first-order chi connectivity index (χ1) is 18.0. The highest BCUT2D eigenvalue weighted by Gasteiger charge is 2.41. The number of H-pyrrole nitrogens is 1. The number of aryl methyl sites for hydroxylation is 1.